The van der Waals surface area contributed by atoms with Gasteiger partial charge < -0.3 is 40.3 Å². The molecule has 1 amide bonds. The predicted molar refractivity (Wildman–Crippen MR) is 258 cm³/mol. The zero-order chi connectivity index (χ0) is 45.1. The smallest absolute Gasteiger partial charge is 0.220 e. The summed E-state index contributed by atoms with van der Waals surface area (Å²) in [6.45, 7) is 3.79. The Hall–Kier alpha value is -0.810. The molecule has 1 saturated heterocycles. The lowest BCUT2D eigenvalue weighted by Crippen LogP contribution is -2.60. The molecule has 0 bridgehead atoms. The molecular formula is C53H105NO8. The first-order valence-corrected chi connectivity index (χ1v) is 27.2. The summed E-state index contributed by atoms with van der Waals surface area (Å²) in [5.41, 5.74) is 0. The van der Waals surface area contributed by atoms with Gasteiger partial charge in [-0.15, -0.1) is 0 Å². The summed E-state index contributed by atoms with van der Waals surface area (Å²) in [5, 5.41) is 54.1. The summed E-state index contributed by atoms with van der Waals surface area (Å²) in [6, 6.07) is -0.710. The Morgan fingerprint density at radius 2 is 0.806 bits per heavy atom. The number of carbonyl (C=O) groups excluding carboxylic acids is 1. The average molecular weight is 884 g/mol. The number of rotatable bonds is 47. The minimum absolute atomic E-state index is 0.134. The number of aliphatic hydroxyl groups is 5. The average Bonchev–Trinajstić information content (AvgIpc) is 3.27. The largest absolute Gasteiger partial charge is 0.394 e. The summed E-state index contributed by atoms with van der Waals surface area (Å²) in [6.07, 6.45) is 44.9. The normalized spacial score (nSPS) is 20.1. The van der Waals surface area contributed by atoms with Gasteiger partial charge in [0.25, 0.3) is 0 Å². The number of amides is 1. The van der Waals surface area contributed by atoms with Crippen LogP contribution in [0.3, 0.4) is 0 Å². The molecule has 1 heterocycles. The highest BCUT2D eigenvalue weighted by Crippen LogP contribution is 2.23. The van der Waals surface area contributed by atoms with Crippen LogP contribution in [0.25, 0.3) is 0 Å². The molecule has 0 aromatic carbocycles. The Balaban J connectivity index is 1.98. The maximum atomic E-state index is 12.9. The molecule has 62 heavy (non-hydrogen) atoms. The van der Waals surface area contributed by atoms with E-state index in [1.54, 1.807) is 0 Å². The van der Waals surface area contributed by atoms with Gasteiger partial charge in [0.1, 0.15) is 24.4 Å². The lowest BCUT2D eigenvalue weighted by Gasteiger charge is -2.40. The summed E-state index contributed by atoms with van der Waals surface area (Å²) in [4.78, 5) is 12.9. The third-order valence-electron chi connectivity index (χ3n) is 13.5. The van der Waals surface area contributed by atoms with E-state index in [0.717, 1.165) is 38.5 Å². The number of carbonyl (C=O) groups is 1. The molecule has 1 fully saturated rings. The molecule has 7 unspecified atom stereocenters. The van der Waals surface area contributed by atoms with Crippen LogP contribution in [0.15, 0.2) is 0 Å². The molecule has 7 atom stereocenters. The van der Waals surface area contributed by atoms with Gasteiger partial charge in [-0.05, 0) is 12.8 Å². The zero-order valence-electron chi connectivity index (χ0n) is 40.9. The number of unbranched alkanes of at least 4 members (excludes halogenated alkanes) is 37. The maximum absolute atomic E-state index is 12.9. The summed E-state index contributed by atoms with van der Waals surface area (Å²) in [5.74, 6) is -0.143. The number of ether oxygens (including phenoxy) is 2. The fourth-order valence-electron chi connectivity index (χ4n) is 9.11. The molecule has 0 radical (unpaired) electrons. The monoisotopic (exact) mass is 884 g/mol. The Labute approximate surface area is 383 Å². The van der Waals surface area contributed by atoms with Crippen LogP contribution in [0.2, 0.25) is 0 Å². The van der Waals surface area contributed by atoms with Gasteiger partial charge in [0, 0.05) is 6.42 Å². The lowest BCUT2D eigenvalue weighted by molar-refractivity contribution is -0.302. The van der Waals surface area contributed by atoms with Gasteiger partial charge in [0.15, 0.2) is 6.29 Å². The first kappa shape index (κ1) is 59.2. The molecule has 9 heteroatoms. The fourth-order valence-corrected chi connectivity index (χ4v) is 9.11. The third-order valence-corrected chi connectivity index (χ3v) is 13.5. The van der Waals surface area contributed by atoms with E-state index in [0.29, 0.717) is 12.8 Å². The molecule has 0 aromatic rings. The van der Waals surface area contributed by atoms with E-state index in [-0.39, 0.29) is 12.5 Å². The van der Waals surface area contributed by atoms with Gasteiger partial charge in [-0.1, -0.05) is 258 Å². The molecule has 1 aliphatic heterocycles. The van der Waals surface area contributed by atoms with Crippen molar-refractivity contribution < 1.29 is 39.8 Å². The molecule has 370 valence electrons. The van der Waals surface area contributed by atoms with Crippen molar-refractivity contribution in [2.45, 2.75) is 320 Å². The van der Waals surface area contributed by atoms with E-state index in [1.165, 1.54) is 212 Å². The Morgan fingerprint density at radius 1 is 0.484 bits per heavy atom. The number of aliphatic hydroxyl groups excluding tert-OH is 5. The van der Waals surface area contributed by atoms with E-state index in [4.69, 9.17) is 9.47 Å². The van der Waals surface area contributed by atoms with Crippen LogP contribution in [-0.4, -0.2) is 87.5 Å². The fraction of sp³-hybridized carbons (Fsp3) is 0.981. The van der Waals surface area contributed by atoms with Crippen LogP contribution in [0.5, 0.6) is 0 Å². The minimum atomic E-state index is -1.55. The zero-order valence-corrected chi connectivity index (χ0v) is 40.9. The van der Waals surface area contributed by atoms with E-state index in [2.05, 4.69) is 19.2 Å². The topological polar surface area (TPSA) is 149 Å². The second-order valence-corrected chi connectivity index (χ2v) is 19.4. The summed E-state index contributed by atoms with van der Waals surface area (Å²) < 4.78 is 11.2. The van der Waals surface area contributed by atoms with Gasteiger partial charge in [-0.3, -0.25) is 4.79 Å². The van der Waals surface area contributed by atoms with E-state index >= 15 is 0 Å². The van der Waals surface area contributed by atoms with Crippen molar-refractivity contribution in [3.8, 4) is 0 Å². The van der Waals surface area contributed by atoms with Crippen molar-refractivity contribution in [3.63, 3.8) is 0 Å². The molecule has 9 nitrogen and oxygen atoms in total. The Kier molecular flexibility index (Phi) is 42.1. The van der Waals surface area contributed by atoms with Crippen molar-refractivity contribution in [2.75, 3.05) is 13.2 Å². The Bertz CT molecular complexity index is 939. The molecule has 0 aromatic heterocycles. The second-order valence-electron chi connectivity index (χ2n) is 19.4. The van der Waals surface area contributed by atoms with Gasteiger partial charge in [0.05, 0.1) is 25.4 Å². The molecular weight excluding hydrogens is 779 g/mol. The van der Waals surface area contributed by atoms with Crippen LogP contribution >= 0.6 is 0 Å². The van der Waals surface area contributed by atoms with Crippen molar-refractivity contribution in [1.82, 2.24) is 5.32 Å². The molecule has 0 spiro atoms. The number of hydrogen-bond donors (Lipinski definition) is 6. The minimum Gasteiger partial charge on any atom is -0.394 e. The third kappa shape index (κ3) is 33.6. The van der Waals surface area contributed by atoms with Crippen LogP contribution in [-0.2, 0) is 14.3 Å². The van der Waals surface area contributed by atoms with Gasteiger partial charge >= 0.3 is 0 Å². The maximum Gasteiger partial charge on any atom is 0.220 e. The predicted octanol–water partition coefficient (Wildman–Crippen LogP) is 12.7. The van der Waals surface area contributed by atoms with E-state index in [9.17, 15) is 30.3 Å². The van der Waals surface area contributed by atoms with Gasteiger partial charge in [0.2, 0.25) is 5.91 Å². The van der Waals surface area contributed by atoms with E-state index in [1.807, 2.05) is 0 Å². The van der Waals surface area contributed by atoms with Crippen molar-refractivity contribution in [3.05, 3.63) is 0 Å². The molecule has 1 rings (SSSR count). The van der Waals surface area contributed by atoms with Crippen molar-refractivity contribution >= 4 is 5.91 Å². The standard InChI is InChI=1S/C53H105NO8/c1-3-5-7-9-11-12-13-14-15-16-17-18-19-20-21-22-23-24-25-26-27-28-29-30-31-32-33-34-35-36-37-39-41-43-49(57)54-46(47(56)42-40-38-10-8-6-4-2)45-61-53-52(60)51(59)50(58)48(44-55)62-53/h46-48,50-53,55-56,58-60H,3-45H2,1-2H3,(H,54,57). The lowest BCUT2D eigenvalue weighted by atomic mass is 9.99. The first-order valence-electron chi connectivity index (χ1n) is 27.2. The number of nitrogens with one attached hydrogen (secondary N) is 1. The summed E-state index contributed by atoms with van der Waals surface area (Å²) in [7, 11) is 0. The molecule has 0 aliphatic carbocycles. The first-order chi connectivity index (χ1) is 30.3. The molecule has 6 N–H and O–H groups in total. The quantitative estimate of drug-likeness (QED) is 0.0331. The molecule has 0 saturated carbocycles. The summed E-state index contributed by atoms with van der Waals surface area (Å²) >= 11 is 0. The molecule has 1 aliphatic rings. The van der Waals surface area contributed by atoms with Gasteiger partial charge in [-0.2, -0.15) is 0 Å². The van der Waals surface area contributed by atoms with Crippen LogP contribution in [0.1, 0.15) is 277 Å². The SMILES string of the molecule is CCCCCCCCCCCCCCCCCCCCCCCCCCCCCCCCCCCC(=O)NC(COC1OC(CO)C(O)C(O)C1O)C(O)CCCCCCCC. The highest BCUT2D eigenvalue weighted by atomic mass is 16.7. The van der Waals surface area contributed by atoms with Crippen molar-refractivity contribution in [2.24, 2.45) is 0 Å². The van der Waals surface area contributed by atoms with Crippen LogP contribution in [0, 0.1) is 0 Å². The highest BCUT2D eigenvalue weighted by Gasteiger charge is 2.44. The Morgan fingerprint density at radius 3 is 1.15 bits per heavy atom. The van der Waals surface area contributed by atoms with Crippen LogP contribution < -0.4 is 5.32 Å². The second kappa shape index (κ2) is 44.0. The van der Waals surface area contributed by atoms with Crippen LogP contribution in [0.4, 0.5) is 0 Å². The van der Waals surface area contributed by atoms with Gasteiger partial charge in [-0.25, -0.2) is 0 Å². The number of hydrogen-bond acceptors (Lipinski definition) is 8. The highest BCUT2D eigenvalue weighted by molar-refractivity contribution is 5.76. The van der Waals surface area contributed by atoms with Crippen molar-refractivity contribution in [1.29, 1.82) is 0 Å². The van der Waals surface area contributed by atoms with E-state index < -0.39 is 49.5 Å².